The van der Waals surface area contributed by atoms with Crippen LogP contribution in [0, 0.1) is 0 Å². The Kier molecular flexibility index (Phi) is 2.34. The van der Waals surface area contributed by atoms with E-state index in [-0.39, 0.29) is 5.78 Å². The van der Waals surface area contributed by atoms with Crippen molar-refractivity contribution in [3.05, 3.63) is 12.1 Å². The van der Waals surface area contributed by atoms with Crippen LogP contribution in [-0.2, 0) is 4.79 Å². The molecule has 0 radical (unpaired) electrons. The average Bonchev–Trinajstić information content (AvgIpc) is 1.61. The van der Waals surface area contributed by atoms with E-state index >= 15 is 0 Å². The second-order valence-corrected chi connectivity index (χ2v) is 1.40. The van der Waals surface area contributed by atoms with Gasteiger partial charge in [-0.25, -0.2) is 0 Å². The number of rotatable bonds is 2. The van der Waals surface area contributed by atoms with Gasteiger partial charge in [-0.1, -0.05) is 12.1 Å². The molecule has 0 aromatic carbocycles. The second kappa shape index (κ2) is 3.59. The van der Waals surface area contributed by atoms with Gasteiger partial charge >= 0.3 is 0 Å². The molecule has 0 heterocycles. The second-order valence-electron chi connectivity index (χ2n) is 1.40. The zero-order valence-electron chi connectivity index (χ0n) is 5.69. The third kappa shape index (κ3) is 5.41. The number of hydrogen-bond donors (Lipinski definition) is 0. The molecule has 0 bridgehead atoms. The zero-order chi connectivity index (χ0) is 6.57. The van der Waals surface area contributed by atoms with Crippen molar-refractivity contribution in [3.63, 3.8) is 0 Å². The summed E-state index contributed by atoms with van der Waals surface area (Å²) in [6.45, 7) is 3.17. The Morgan fingerprint density at radius 1 is 2.00 bits per heavy atom. The zero-order valence-corrected chi connectivity index (χ0v) is 4.69. The van der Waals surface area contributed by atoms with Crippen LogP contribution in [0.1, 0.15) is 21.6 Å². The summed E-state index contributed by atoms with van der Waals surface area (Å²) >= 11 is 0. The maximum Gasteiger partial charge on any atom is 0.133 e. The quantitative estimate of drug-likeness (QED) is 0.480. The summed E-state index contributed by atoms with van der Waals surface area (Å²) in [5.74, 6) is 0.108. The summed E-state index contributed by atoms with van der Waals surface area (Å²) in [5, 5.41) is 0. The highest BCUT2D eigenvalue weighted by molar-refractivity contribution is 5.76. The Balaban J connectivity index is 3.45. The fraction of sp³-hybridized carbons (Fsp3) is 0.500. The minimum atomic E-state index is 0.108. The van der Waals surface area contributed by atoms with Gasteiger partial charge in [-0.2, -0.15) is 0 Å². The molecule has 0 atom stereocenters. The lowest BCUT2D eigenvalue weighted by Gasteiger charge is -1.77. The van der Waals surface area contributed by atoms with E-state index in [0.717, 1.165) is 0 Å². The summed E-state index contributed by atoms with van der Waals surface area (Å²) in [4.78, 5) is 10.2. The molecule has 0 amide bonds. The number of carbonyl (C=O) groups is 1. The Morgan fingerprint density at radius 3 is 2.71 bits per heavy atom. The van der Waals surface area contributed by atoms with Crippen molar-refractivity contribution in [2.75, 3.05) is 0 Å². The smallest absolute Gasteiger partial charge is 0.133 e. The molecule has 1 nitrogen and oxygen atoms in total. The first-order valence-electron chi connectivity index (χ1n) is 2.75. The molecule has 0 unspecified atom stereocenters. The van der Waals surface area contributed by atoms with Gasteiger partial charge in [0.2, 0.25) is 0 Å². The van der Waals surface area contributed by atoms with Crippen molar-refractivity contribution >= 4 is 5.78 Å². The molecule has 0 aromatic rings. The van der Waals surface area contributed by atoms with Crippen molar-refractivity contribution in [1.29, 1.82) is 0 Å². The van der Waals surface area contributed by atoms with Crippen LogP contribution in [0.15, 0.2) is 12.1 Å². The van der Waals surface area contributed by atoms with E-state index in [1.807, 2.05) is 0 Å². The minimum absolute atomic E-state index is 0.108. The highest BCUT2D eigenvalue weighted by Gasteiger charge is 1.81. The van der Waals surface area contributed by atoms with Crippen LogP contribution in [-0.4, -0.2) is 5.78 Å². The molecule has 0 aliphatic rings. The summed E-state index contributed by atoms with van der Waals surface area (Å²) in [6, 6.07) is 0.459. The molecular formula is C6H10O. The van der Waals surface area contributed by atoms with Crippen LogP contribution >= 0.6 is 0 Å². The lowest BCUT2D eigenvalue weighted by molar-refractivity contribution is -0.116. The lowest BCUT2D eigenvalue weighted by atomic mass is 10.3. The van der Waals surface area contributed by atoms with Gasteiger partial charge in [-0.15, -0.1) is 0 Å². The first-order valence-corrected chi connectivity index (χ1v) is 2.25. The van der Waals surface area contributed by atoms with E-state index in [1.54, 1.807) is 13.0 Å². The van der Waals surface area contributed by atoms with Gasteiger partial charge in [0.15, 0.2) is 0 Å². The van der Waals surface area contributed by atoms with E-state index in [9.17, 15) is 4.79 Å². The molecule has 40 valence electrons. The summed E-state index contributed by atoms with van der Waals surface area (Å²) < 4.78 is 6.88. The molecule has 0 fully saturated rings. The largest absolute Gasteiger partial charge is 0.300 e. The molecule has 0 rings (SSSR count). The number of allylic oxidation sites excluding steroid dienone is 2. The Hall–Kier alpha value is -0.590. The predicted octanol–water partition coefficient (Wildman–Crippen LogP) is 1.54. The van der Waals surface area contributed by atoms with Crippen molar-refractivity contribution in [1.82, 2.24) is 0 Å². The highest BCUT2D eigenvalue weighted by Crippen LogP contribution is 1.81. The van der Waals surface area contributed by atoms with Gasteiger partial charge in [-0.3, -0.25) is 4.79 Å². The Morgan fingerprint density at radius 2 is 2.57 bits per heavy atom. The van der Waals surface area contributed by atoms with E-state index in [0.29, 0.717) is 12.5 Å². The van der Waals surface area contributed by atoms with Gasteiger partial charge in [0.25, 0.3) is 0 Å². The summed E-state index contributed by atoms with van der Waals surface area (Å²) in [7, 11) is 0. The fourth-order valence-corrected chi connectivity index (χ4v) is 0.246. The van der Waals surface area contributed by atoms with Crippen molar-refractivity contribution < 1.29 is 6.17 Å². The van der Waals surface area contributed by atoms with Crippen LogP contribution in [0.3, 0.4) is 0 Å². The van der Waals surface area contributed by atoms with Crippen LogP contribution < -0.4 is 0 Å². The lowest BCUT2D eigenvalue weighted by Crippen LogP contribution is -1.82. The summed E-state index contributed by atoms with van der Waals surface area (Å²) in [6.07, 6.45) is 2.00. The third-order valence-corrected chi connectivity index (χ3v) is 0.594. The molecule has 0 aromatic heterocycles. The topological polar surface area (TPSA) is 17.1 Å². The van der Waals surface area contributed by atoms with Crippen LogP contribution in [0.5, 0.6) is 0 Å². The molecule has 1 heteroatoms. The van der Waals surface area contributed by atoms with E-state index in [2.05, 4.69) is 0 Å². The van der Waals surface area contributed by atoms with Crippen molar-refractivity contribution in [3.8, 4) is 0 Å². The van der Waals surface area contributed by atoms with Gasteiger partial charge < -0.3 is 0 Å². The van der Waals surface area contributed by atoms with Gasteiger partial charge in [0, 0.05) is 6.42 Å². The SMILES string of the molecule is [2H]/C(C)=C/CC(C)=O. The molecule has 0 N–H and O–H groups in total. The molecule has 0 saturated carbocycles. The average molecular weight is 99.2 g/mol. The monoisotopic (exact) mass is 99.1 g/mol. The van der Waals surface area contributed by atoms with Crippen molar-refractivity contribution in [2.45, 2.75) is 20.3 Å². The number of Topliss-reactive ketones (excluding diaryl/α,β-unsaturated/α-hetero) is 1. The van der Waals surface area contributed by atoms with E-state index in [1.165, 1.54) is 6.92 Å². The first-order chi connectivity index (χ1) is 3.63. The van der Waals surface area contributed by atoms with E-state index in [4.69, 9.17) is 1.37 Å². The van der Waals surface area contributed by atoms with E-state index < -0.39 is 0 Å². The Labute approximate surface area is 45.4 Å². The van der Waals surface area contributed by atoms with Crippen LogP contribution in [0.25, 0.3) is 0 Å². The summed E-state index contributed by atoms with van der Waals surface area (Å²) in [5.41, 5.74) is 0. The molecule has 0 spiro atoms. The number of ketones is 1. The third-order valence-electron chi connectivity index (χ3n) is 0.594. The molecule has 0 aliphatic carbocycles. The van der Waals surface area contributed by atoms with Crippen LogP contribution in [0.4, 0.5) is 0 Å². The number of hydrogen-bond acceptors (Lipinski definition) is 1. The Bertz CT molecular complexity index is 112. The van der Waals surface area contributed by atoms with Gasteiger partial charge in [0.05, 0.1) is 1.37 Å². The fourth-order valence-electron chi connectivity index (χ4n) is 0.246. The molecule has 7 heavy (non-hydrogen) atoms. The highest BCUT2D eigenvalue weighted by atomic mass is 16.1. The van der Waals surface area contributed by atoms with Gasteiger partial charge in [-0.05, 0) is 13.8 Å². The standard InChI is InChI=1S/C6H10O/c1-3-4-5-6(2)7/h3-4H,5H2,1-2H3/b4-3-/i3D. The first kappa shape index (κ1) is 4.57. The molecular weight excluding hydrogens is 88.1 g/mol. The maximum absolute atomic E-state index is 10.2. The maximum atomic E-state index is 10.2. The van der Waals surface area contributed by atoms with Crippen LogP contribution in [0.2, 0.25) is 0 Å². The van der Waals surface area contributed by atoms with Crippen molar-refractivity contribution in [2.24, 2.45) is 0 Å². The minimum Gasteiger partial charge on any atom is -0.300 e. The molecule has 0 saturated heterocycles. The number of carbonyl (C=O) groups excluding carboxylic acids is 1. The normalized spacial score (nSPS) is 13.4. The predicted molar refractivity (Wildman–Crippen MR) is 30.1 cm³/mol. The molecule has 0 aliphatic heterocycles. The van der Waals surface area contributed by atoms with Gasteiger partial charge in [0.1, 0.15) is 5.78 Å².